The van der Waals surface area contributed by atoms with E-state index in [0.717, 1.165) is 15.6 Å². The van der Waals surface area contributed by atoms with Crippen molar-refractivity contribution in [3.8, 4) is 0 Å². The Morgan fingerprint density at radius 3 is 2.38 bits per heavy atom. The van der Waals surface area contributed by atoms with Crippen molar-refractivity contribution in [1.29, 1.82) is 0 Å². The highest BCUT2D eigenvalue weighted by molar-refractivity contribution is 7.90. The first-order valence-corrected chi connectivity index (χ1v) is 9.36. The maximum Gasteiger partial charge on any atom is 0.268 e. The van der Waals surface area contributed by atoms with Crippen LogP contribution >= 0.6 is 0 Å². The van der Waals surface area contributed by atoms with Gasteiger partial charge in [-0.05, 0) is 37.6 Å². The normalized spacial score (nSPS) is 14.2. The third kappa shape index (κ3) is 2.77. The van der Waals surface area contributed by atoms with E-state index >= 15 is 0 Å². The number of ketones is 2. The highest BCUT2D eigenvalue weighted by Crippen LogP contribution is 2.30. The molecular weight excluding hydrogens is 356 g/mol. The minimum atomic E-state index is -4.06. The second-order valence-corrected chi connectivity index (χ2v) is 7.75. The predicted octanol–water partition coefficient (Wildman–Crippen LogP) is 1.44. The van der Waals surface area contributed by atoms with Gasteiger partial charge in [0.25, 0.3) is 10.0 Å². The van der Waals surface area contributed by atoms with Crippen LogP contribution in [0, 0.1) is 6.92 Å². The van der Waals surface area contributed by atoms with Gasteiger partial charge in [-0.25, -0.2) is 12.4 Å². The van der Waals surface area contributed by atoms with Crippen LogP contribution in [0.2, 0.25) is 0 Å². The van der Waals surface area contributed by atoms with Gasteiger partial charge in [-0.1, -0.05) is 17.7 Å². The molecule has 0 unspecified atom stereocenters. The Balaban J connectivity index is 2.27. The maximum atomic E-state index is 13.1. The highest BCUT2D eigenvalue weighted by atomic mass is 32.2. The summed E-state index contributed by atoms with van der Waals surface area (Å²) in [6, 6.07) is 6.25. The lowest BCUT2D eigenvalue weighted by Crippen LogP contribution is -2.24. The maximum absolute atomic E-state index is 13.1. The smallest absolute Gasteiger partial charge is 0.268 e. The molecule has 0 atom stereocenters. The number of carbonyl (C=O) groups is 2. The van der Waals surface area contributed by atoms with Crippen LogP contribution in [0.15, 0.2) is 47.2 Å². The number of aromatic nitrogens is 1. The monoisotopic (exact) mass is 374 g/mol. The van der Waals surface area contributed by atoms with Crippen molar-refractivity contribution >= 4 is 21.6 Å². The fourth-order valence-electron chi connectivity index (χ4n) is 2.90. The molecule has 0 fully saturated rings. The zero-order chi connectivity index (χ0) is 19.1. The van der Waals surface area contributed by atoms with Crippen LogP contribution in [0.3, 0.4) is 0 Å². The number of ether oxygens (including phenoxy) is 1. The molecule has 1 heterocycles. The van der Waals surface area contributed by atoms with Crippen molar-refractivity contribution in [2.75, 3.05) is 13.7 Å². The number of hydrogen-bond donors (Lipinski definition) is 1. The number of methoxy groups -OCH3 is 1. The van der Waals surface area contributed by atoms with Crippen LogP contribution in [-0.2, 0) is 21.2 Å². The largest absolute Gasteiger partial charge is 0.492 e. The van der Waals surface area contributed by atoms with Crippen molar-refractivity contribution in [1.82, 2.24) is 3.97 Å². The number of benzene rings is 1. The number of hydrogen-bond acceptors (Lipinski definition) is 6. The summed E-state index contributed by atoms with van der Waals surface area (Å²) in [5.74, 6) is -1.32. The van der Waals surface area contributed by atoms with Gasteiger partial charge >= 0.3 is 0 Å². The van der Waals surface area contributed by atoms with E-state index in [1.165, 1.54) is 25.4 Å². The van der Waals surface area contributed by atoms with Gasteiger partial charge < -0.3 is 10.5 Å². The number of aryl methyl sites for hydroxylation is 1. The standard InChI is InChI=1S/C18H18N2O5S/c1-11-3-5-13(6-4-11)26(23,24)20-10-12(7-8-19)16-14(21)9-15(25-2)18(22)17(16)20/h3-6,9-10H,7-8,19H2,1-2H3. The summed E-state index contributed by atoms with van der Waals surface area (Å²) >= 11 is 0. The minimum absolute atomic E-state index is 0.0222. The predicted molar refractivity (Wildman–Crippen MR) is 94.7 cm³/mol. The van der Waals surface area contributed by atoms with Gasteiger partial charge in [-0.15, -0.1) is 0 Å². The van der Waals surface area contributed by atoms with Crippen molar-refractivity contribution < 1.29 is 22.7 Å². The molecule has 1 aromatic carbocycles. The summed E-state index contributed by atoms with van der Waals surface area (Å²) in [5.41, 5.74) is 6.76. The molecule has 2 aromatic rings. The molecule has 2 N–H and O–H groups in total. The Bertz CT molecular complexity index is 1030. The molecule has 1 aliphatic carbocycles. The lowest BCUT2D eigenvalue weighted by atomic mass is 9.96. The first kappa shape index (κ1) is 18.1. The number of Topliss-reactive ketones (excluding diaryl/α,β-unsaturated/α-hetero) is 1. The molecule has 7 nitrogen and oxygen atoms in total. The van der Waals surface area contributed by atoms with Crippen LogP contribution in [0.5, 0.6) is 0 Å². The molecule has 26 heavy (non-hydrogen) atoms. The number of allylic oxidation sites excluding steroid dienone is 2. The first-order chi connectivity index (χ1) is 12.3. The molecule has 0 radical (unpaired) electrons. The van der Waals surface area contributed by atoms with E-state index in [4.69, 9.17) is 10.5 Å². The lowest BCUT2D eigenvalue weighted by molar-refractivity contribution is 0.0911. The zero-order valence-electron chi connectivity index (χ0n) is 14.4. The van der Waals surface area contributed by atoms with E-state index in [2.05, 4.69) is 0 Å². The summed E-state index contributed by atoms with van der Waals surface area (Å²) in [4.78, 5) is 25.2. The molecule has 0 saturated carbocycles. The van der Waals surface area contributed by atoms with Crippen LogP contribution in [0.4, 0.5) is 0 Å². The Labute approximate surface area is 151 Å². The Kier molecular flexibility index (Phi) is 4.55. The highest BCUT2D eigenvalue weighted by Gasteiger charge is 2.36. The molecule has 0 aliphatic heterocycles. The average Bonchev–Trinajstić information content (AvgIpc) is 3.00. The van der Waals surface area contributed by atoms with E-state index in [0.29, 0.717) is 5.56 Å². The third-order valence-electron chi connectivity index (χ3n) is 4.21. The molecule has 1 aromatic heterocycles. The molecule has 0 bridgehead atoms. The number of rotatable bonds is 5. The van der Waals surface area contributed by atoms with E-state index < -0.39 is 21.6 Å². The second kappa shape index (κ2) is 6.54. The van der Waals surface area contributed by atoms with E-state index in [1.54, 1.807) is 12.1 Å². The fourth-order valence-corrected chi connectivity index (χ4v) is 4.29. The van der Waals surface area contributed by atoms with Gasteiger partial charge in [0.05, 0.1) is 17.6 Å². The van der Waals surface area contributed by atoms with Gasteiger partial charge in [0.2, 0.25) is 5.78 Å². The third-order valence-corrected chi connectivity index (χ3v) is 5.88. The number of carbonyl (C=O) groups excluding carboxylic acids is 2. The molecular formula is C18H18N2O5S. The van der Waals surface area contributed by atoms with Crippen LogP contribution < -0.4 is 5.73 Å². The van der Waals surface area contributed by atoms with Gasteiger partial charge in [0, 0.05) is 12.3 Å². The molecule has 136 valence electrons. The number of nitrogens with two attached hydrogens (primary N) is 1. The average molecular weight is 374 g/mol. The number of nitrogens with zero attached hydrogens (tertiary/aromatic N) is 1. The molecule has 0 spiro atoms. The molecule has 3 rings (SSSR count). The summed E-state index contributed by atoms with van der Waals surface area (Å²) in [5, 5.41) is 0. The van der Waals surface area contributed by atoms with E-state index in [-0.39, 0.29) is 34.9 Å². The summed E-state index contributed by atoms with van der Waals surface area (Å²) in [6.45, 7) is 2.05. The quantitative estimate of drug-likeness (QED) is 0.848. The van der Waals surface area contributed by atoms with Gasteiger partial charge in [-0.3, -0.25) is 9.59 Å². The molecule has 8 heteroatoms. The second-order valence-electron chi connectivity index (χ2n) is 5.94. The van der Waals surface area contributed by atoms with E-state index in [9.17, 15) is 18.0 Å². The van der Waals surface area contributed by atoms with Gasteiger partial charge in [0.15, 0.2) is 11.5 Å². The zero-order valence-corrected chi connectivity index (χ0v) is 15.2. The molecule has 1 aliphatic rings. The minimum Gasteiger partial charge on any atom is -0.492 e. The SMILES string of the molecule is COC1=CC(=O)c2c(CCN)cn(S(=O)(=O)c3ccc(C)cc3)c2C1=O. The van der Waals surface area contributed by atoms with Crippen molar-refractivity contribution in [2.45, 2.75) is 18.2 Å². The molecule has 0 amide bonds. The van der Waals surface area contributed by atoms with Crippen molar-refractivity contribution in [3.05, 3.63) is 64.7 Å². The topological polar surface area (TPSA) is 108 Å². The van der Waals surface area contributed by atoms with Crippen LogP contribution in [-0.4, -0.2) is 37.6 Å². The summed E-state index contributed by atoms with van der Waals surface area (Å²) < 4.78 is 32.0. The van der Waals surface area contributed by atoms with E-state index in [1.807, 2.05) is 6.92 Å². The lowest BCUT2D eigenvalue weighted by Gasteiger charge is -2.15. The van der Waals surface area contributed by atoms with Crippen LogP contribution in [0.1, 0.15) is 32.0 Å². The Morgan fingerprint density at radius 2 is 1.81 bits per heavy atom. The summed E-state index contributed by atoms with van der Waals surface area (Å²) in [6.07, 6.45) is 2.65. The van der Waals surface area contributed by atoms with Crippen molar-refractivity contribution in [2.24, 2.45) is 5.73 Å². The van der Waals surface area contributed by atoms with Gasteiger partial charge in [-0.2, -0.15) is 0 Å². The Morgan fingerprint density at radius 1 is 1.15 bits per heavy atom. The fraction of sp³-hybridized carbons (Fsp3) is 0.222. The summed E-state index contributed by atoms with van der Waals surface area (Å²) in [7, 11) is -2.81. The number of fused-ring (bicyclic) bond motifs is 1. The Hall–Kier alpha value is -2.71. The van der Waals surface area contributed by atoms with Crippen molar-refractivity contribution in [3.63, 3.8) is 0 Å². The van der Waals surface area contributed by atoms with Gasteiger partial charge in [0.1, 0.15) is 5.69 Å². The first-order valence-electron chi connectivity index (χ1n) is 7.92. The molecule has 0 saturated heterocycles. The van der Waals surface area contributed by atoms with Crippen LogP contribution in [0.25, 0.3) is 0 Å².